The number of ether oxygens (including phenoxy) is 1. The summed E-state index contributed by atoms with van der Waals surface area (Å²) in [5, 5.41) is 0. The smallest absolute Gasteiger partial charge is 0.408 e. The molecule has 1 aliphatic carbocycles. The molecule has 1 aromatic rings. The summed E-state index contributed by atoms with van der Waals surface area (Å²) in [6.07, 6.45) is 2.26. The molecule has 1 amide bonds. The second-order valence-corrected chi connectivity index (χ2v) is 6.81. The summed E-state index contributed by atoms with van der Waals surface area (Å²) in [5.74, 6) is 0.796. The number of hydrogen-bond acceptors (Lipinski definition) is 3. The fourth-order valence-corrected chi connectivity index (χ4v) is 2.88. The van der Waals surface area contributed by atoms with E-state index in [0.717, 1.165) is 36.2 Å². The number of carbonyl (C=O) groups excluding carboxylic acids is 1. The lowest BCUT2D eigenvalue weighted by Gasteiger charge is -2.25. The fourth-order valence-electron chi connectivity index (χ4n) is 2.88. The van der Waals surface area contributed by atoms with Gasteiger partial charge in [-0.3, -0.25) is 4.98 Å². The van der Waals surface area contributed by atoms with Gasteiger partial charge in [0.15, 0.2) is 5.75 Å². The normalized spacial score (nSPS) is 14.5. The van der Waals surface area contributed by atoms with E-state index in [1.165, 1.54) is 5.56 Å². The van der Waals surface area contributed by atoms with Crippen molar-refractivity contribution in [3.63, 3.8) is 0 Å². The minimum absolute atomic E-state index is 0.0106. The number of amides is 1. The number of fused-ring (bicyclic) bond motifs is 1. The Bertz CT molecular complexity index is 542. The van der Waals surface area contributed by atoms with Crippen molar-refractivity contribution in [1.82, 2.24) is 4.98 Å². The van der Waals surface area contributed by atoms with Crippen LogP contribution >= 0.6 is 0 Å². The molecule has 4 nitrogen and oxygen atoms in total. The lowest BCUT2D eigenvalue weighted by Crippen LogP contribution is -2.22. The number of hydrogen-bond donors (Lipinski definition) is 1. The van der Waals surface area contributed by atoms with Crippen molar-refractivity contribution < 1.29 is 9.53 Å². The highest BCUT2D eigenvalue weighted by atomic mass is 16.5. The van der Waals surface area contributed by atoms with E-state index in [4.69, 9.17) is 15.5 Å². The van der Waals surface area contributed by atoms with Gasteiger partial charge < -0.3 is 10.5 Å². The van der Waals surface area contributed by atoms with E-state index in [1.54, 1.807) is 0 Å². The van der Waals surface area contributed by atoms with Crippen molar-refractivity contribution in [3.05, 3.63) is 22.5 Å². The predicted molar refractivity (Wildman–Crippen MR) is 79.3 cm³/mol. The van der Waals surface area contributed by atoms with Crippen molar-refractivity contribution in [2.24, 2.45) is 5.73 Å². The molecule has 0 aromatic carbocycles. The molecular weight excluding hydrogens is 252 g/mol. The van der Waals surface area contributed by atoms with Gasteiger partial charge in [0.05, 0.1) is 5.69 Å². The Kier molecular flexibility index (Phi) is 3.76. The molecule has 0 saturated heterocycles. The molecule has 4 heteroatoms. The van der Waals surface area contributed by atoms with E-state index in [1.807, 2.05) is 0 Å². The average molecular weight is 276 g/mol. The third-order valence-corrected chi connectivity index (χ3v) is 3.70. The first kappa shape index (κ1) is 14.8. The molecule has 0 unspecified atom stereocenters. The zero-order valence-corrected chi connectivity index (χ0v) is 13.0. The molecule has 0 saturated carbocycles. The van der Waals surface area contributed by atoms with Gasteiger partial charge in [-0.15, -0.1) is 0 Å². The summed E-state index contributed by atoms with van der Waals surface area (Å²) in [7, 11) is 0. The van der Waals surface area contributed by atoms with E-state index in [-0.39, 0.29) is 11.3 Å². The largest absolute Gasteiger partial charge is 0.410 e. The van der Waals surface area contributed by atoms with Crippen molar-refractivity contribution in [2.45, 2.75) is 65.2 Å². The second-order valence-electron chi connectivity index (χ2n) is 6.81. The molecule has 0 atom stereocenters. The maximum atomic E-state index is 11.2. The molecule has 0 bridgehead atoms. The van der Waals surface area contributed by atoms with Gasteiger partial charge in [-0.1, -0.05) is 34.6 Å². The monoisotopic (exact) mass is 276 g/mol. The van der Waals surface area contributed by atoms with Crippen LogP contribution in [-0.4, -0.2) is 11.1 Å². The van der Waals surface area contributed by atoms with Crippen molar-refractivity contribution in [3.8, 4) is 5.75 Å². The van der Waals surface area contributed by atoms with Crippen LogP contribution in [0.3, 0.4) is 0 Å². The summed E-state index contributed by atoms with van der Waals surface area (Å²) in [5.41, 5.74) is 9.56. The van der Waals surface area contributed by atoms with Gasteiger partial charge in [-0.05, 0) is 30.7 Å². The Morgan fingerprint density at radius 3 is 2.35 bits per heavy atom. The van der Waals surface area contributed by atoms with Crippen LogP contribution in [0, 0.1) is 0 Å². The summed E-state index contributed by atoms with van der Waals surface area (Å²) < 4.78 is 5.29. The standard InChI is InChI=1S/C16H24N2O2/c1-9(2)12-13(20-15(17)19)10-7-6-8-11(10)14(18-12)16(3,4)5/h9H,6-8H2,1-5H3,(H2,17,19). The van der Waals surface area contributed by atoms with Crippen molar-refractivity contribution in [1.29, 1.82) is 0 Å². The van der Waals surface area contributed by atoms with E-state index >= 15 is 0 Å². The maximum absolute atomic E-state index is 11.2. The Hall–Kier alpha value is -1.58. The molecular formula is C16H24N2O2. The van der Waals surface area contributed by atoms with Gasteiger partial charge in [0.1, 0.15) is 0 Å². The quantitative estimate of drug-likeness (QED) is 0.899. The van der Waals surface area contributed by atoms with Gasteiger partial charge in [0, 0.05) is 16.7 Å². The van der Waals surface area contributed by atoms with Crippen molar-refractivity contribution in [2.75, 3.05) is 0 Å². The Morgan fingerprint density at radius 2 is 1.85 bits per heavy atom. The highest BCUT2D eigenvalue weighted by molar-refractivity contribution is 5.70. The lowest BCUT2D eigenvalue weighted by molar-refractivity contribution is 0.209. The van der Waals surface area contributed by atoms with Crippen LogP contribution < -0.4 is 10.5 Å². The van der Waals surface area contributed by atoms with E-state index in [2.05, 4.69) is 34.6 Å². The SMILES string of the molecule is CC(C)c1nc(C(C)(C)C)c2c(c1OC(N)=O)CCC2. The minimum Gasteiger partial charge on any atom is -0.408 e. The van der Waals surface area contributed by atoms with Gasteiger partial charge in [0.2, 0.25) is 0 Å². The summed E-state index contributed by atoms with van der Waals surface area (Å²) in [6, 6.07) is 0. The zero-order valence-electron chi connectivity index (χ0n) is 13.0. The van der Waals surface area contributed by atoms with Crippen LogP contribution in [-0.2, 0) is 18.3 Å². The summed E-state index contributed by atoms with van der Waals surface area (Å²) >= 11 is 0. The fraction of sp³-hybridized carbons (Fsp3) is 0.625. The first-order valence-electron chi connectivity index (χ1n) is 7.25. The van der Waals surface area contributed by atoms with Crippen LogP contribution in [0.4, 0.5) is 4.79 Å². The topological polar surface area (TPSA) is 65.2 Å². The van der Waals surface area contributed by atoms with Crippen LogP contribution in [0.2, 0.25) is 0 Å². The van der Waals surface area contributed by atoms with Gasteiger partial charge in [-0.2, -0.15) is 0 Å². The Balaban J connectivity index is 2.70. The molecule has 0 spiro atoms. The van der Waals surface area contributed by atoms with Gasteiger partial charge in [0.25, 0.3) is 0 Å². The molecule has 2 rings (SSSR count). The molecule has 0 aliphatic heterocycles. The van der Waals surface area contributed by atoms with E-state index in [9.17, 15) is 4.79 Å². The number of rotatable bonds is 2. The van der Waals surface area contributed by atoms with Crippen LogP contribution in [0.25, 0.3) is 0 Å². The zero-order chi connectivity index (χ0) is 15.1. The second kappa shape index (κ2) is 5.08. The van der Waals surface area contributed by atoms with E-state index < -0.39 is 6.09 Å². The number of aromatic nitrogens is 1. The molecule has 1 aromatic heterocycles. The molecule has 20 heavy (non-hydrogen) atoms. The van der Waals surface area contributed by atoms with E-state index in [0.29, 0.717) is 5.75 Å². The van der Waals surface area contributed by atoms with Crippen molar-refractivity contribution >= 4 is 6.09 Å². The molecule has 2 N–H and O–H groups in total. The lowest BCUT2D eigenvalue weighted by atomic mass is 9.86. The van der Waals surface area contributed by atoms with Crippen LogP contribution in [0.15, 0.2) is 0 Å². The average Bonchev–Trinajstić information content (AvgIpc) is 2.75. The maximum Gasteiger partial charge on any atom is 0.410 e. The first-order chi connectivity index (χ1) is 9.21. The minimum atomic E-state index is -0.758. The highest BCUT2D eigenvalue weighted by Gasteiger charge is 2.30. The Labute approximate surface area is 120 Å². The third-order valence-electron chi connectivity index (χ3n) is 3.70. The van der Waals surface area contributed by atoms with Gasteiger partial charge in [-0.25, -0.2) is 4.79 Å². The number of nitrogens with two attached hydrogens (primary N) is 1. The van der Waals surface area contributed by atoms with Gasteiger partial charge >= 0.3 is 6.09 Å². The third kappa shape index (κ3) is 2.65. The van der Waals surface area contributed by atoms with Crippen LogP contribution in [0.5, 0.6) is 5.75 Å². The molecule has 0 radical (unpaired) electrons. The first-order valence-corrected chi connectivity index (χ1v) is 7.25. The highest BCUT2D eigenvalue weighted by Crippen LogP contribution is 2.40. The summed E-state index contributed by atoms with van der Waals surface area (Å²) in [4.78, 5) is 16.0. The molecule has 0 fully saturated rings. The van der Waals surface area contributed by atoms with Crippen LogP contribution in [0.1, 0.15) is 69.5 Å². The Morgan fingerprint density at radius 1 is 1.25 bits per heavy atom. The number of nitrogens with zero attached hydrogens (tertiary/aromatic N) is 1. The molecule has 1 heterocycles. The number of primary amides is 1. The predicted octanol–water partition coefficient (Wildman–Crippen LogP) is 3.45. The molecule has 1 aliphatic rings. The number of pyridine rings is 1. The number of carbonyl (C=O) groups is 1. The molecule has 110 valence electrons. The summed E-state index contributed by atoms with van der Waals surface area (Å²) in [6.45, 7) is 10.6.